The monoisotopic (exact) mass is 309 g/mol. The predicted octanol–water partition coefficient (Wildman–Crippen LogP) is 3.54. The van der Waals surface area contributed by atoms with Crippen LogP contribution in [0.1, 0.15) is 30.1 Å². The van der Waals surface area contributed by atoms with Crippen LogP contribution < -0.4 is 4.74 Å². The van der Waals surface area contributed by atoms with E-state index in [0.717, 1.165) is 24.5 Å². The lowest BCUT2D eigenvalue weighted by Crippen LogP contribution is -2.23. The lowest BCUT2D eigenvalue weighted by molar-refractivity contribution is 0.245. The molecule has 2 heterocycles. The van der Waals surface area contributed by atoms with Gasteiger partial charge in [-0.3, -0.25) is 4.90 Å². The molecule has 0 bridgehead atoms. The largest absolute Gasteiger partial charge is 0.497 e. The van der Waals surface area contributed by atoms with Gasteiger partial charge in [-0.25, -0.2) is 0 Å². The van der Waals surface area contributed by atoms with E-state index in [1.165, 1.54) is 29.9 Å². The van der Waals surface area contributed by atoms with Crippen molar-refractivity contribution in [3.63, 3.8) is 0 Å². The maximum Gasteiger partial charge on any atom is 0.138 e. The van der Waals surface area contributed by atoms with Gasteiger partial charge in [0.2, 0.25) is 0 Å². The van der Waals surface area contributed by atoms with Crippen LogP contribution >= 0.6 is 23.1 Å². The standard InChI is InChI=1S/C14H16ClN3OS/c1-19-11-6-4-10(5-7-11)13-3-2-8-18(13)9-12-14(15)20-17-16-12/h4-7,13H,2-3,8-9H2,1H3/t13-/m1/s1. The summed E-state index contributed by atoms with van der Waals surface area (Å²) in [6.07, 6.45) is 2.37. The van der Waals surface area contributed by atoms with Crippen LogP contribution in [0.2, 0.25) is 4.34 Å². The first-order chi connectivity index (χ1) is 9.78. The SMILES string of the molecule is COc1ccc([C@H]2CCCN2Cc2nnsc2Cl)cc1. The molecule has 20 heavy (non-hydrogen) atoms. The Balaban J connectivity index is 1.76. The molecular formula is C14H16ClN3OS. The number of rotatable bonds is 4. The molecular weight excluding hydrogens is 294 g/mol. The van der Waals surface area contributed by atoms with Crippen LogP contribution in [0.4, 0.5) is 0 Å². The molecule has 4 nitrogen and oxygen atoms in total. The predicted molar refractivity (Wildman–Crippen MR) is 80.3 cm³/mol. The second-order valence-corrected chi connectivity index (χ2v) is 6.25. The molecule has 1 saturated heterocycles. The Bertz CT molecular complexity index is 572. The van der Waals surface area contributed by atoms with Gasteiger partial charge in [0.25, 0.3) is 0 Å². The summed E-state index contributed by atoms with van der Waals surface area (Å²) in [6, 6.07) is 8.75. The van der Waals surface area contributed by atoms with Crippen molar-refractivity contribution in [1.29, 1.82) is 0 Å². The van der Waals surface area contributed by atoms with E-state index in [-0.39, 0.29) is 0 Å². The average Bonchev–Trinajstić information content (AvgIpc) is 3.09. The van der Waals surface area contributed by atoms with Crippen LogP contribution in [0, 0.1) is 0 Å². The molecule has 0 saturated carbocycles. The molecule has 0 radical (unpaired) electrons. The van der Waals surface area contributed by atoms with Gasteiger partial charge >= 0.3 is 0 Å². The molecule has 1 aliphatic heterocycles. The Hall–Kier alpha value is -1.17. The number of methoxy groups -OCH3 is 1. The lowest BCUT2D eigenvalue weighted by Gasteiger charge is -2.24. The highest BCUT2D eigenvalue weighted by atomic mass is 35.5. The number of hydrogen-bond acceptors (Lipinski definition) is 5. The molecule has 0 spiro atoms. The first kappa shape index (κ1) is 13.8. The third-order valence-corrected chi connectivity index (χ3v) is 4.71. The number of halogens is 1. The van der Waals surface area contributed by atoms with Crippen molar-refractivity contribution in [2.45, 2.75) is 25.4 Å². The number of hydrogen-bond donors (Lipinski definition) is 0. The van der Waals surface area contributed by atoms with E-state index in [1.54, 1.807) is 7.11 Å². The van der Waals surface area contributed by atoms with Crippen LogP contribution in [0.15, 0.2) is 24.3 Å². The van der Waals surface area contributed by atoms with Crippen LogP contribution in [0.3, 0.4) is 0 Å². The van der Waals surface area contributed by atoms with Crippen molar-refractivity contribution in [3.05, 3.63) is 39.9 Å². The fraction of sp³-hybridized carbons (Fsp3) is 0.429. The maximum atomic E-state index is 6.10. The summed E-state index contributed by atoms with van der Waals surface area (Å²) in [7, 11) is 1.69. The van der Waals surface area contributed by atoms with Gasteiger partial charge in [0.15, 0.2) is 0 Å². The molecule has 1 aliphatic rings. The first-order valence-electron chi connectivity index (χ1n) is 6.62. The second-order valence-electron chi connectivity index (χ2n) is 4.89. The zero-order valence-electron chi connectivity index (χ0n) is 11.3. The van der Waals surface area contributed by atoms with Gasteiger partial charge in [0.05, 0.1) is 7.11 Å². The normalized spacial score (nSPS) is 19.4. The Morgan fingerprint density at radius 1 is 1.40 bits per heavy atom. The van der Waals surface area contributed by atoms with Gasteiger partial charge in [-0.1, -0.05) is 28.2 Å². The van der Waals surface area contributed by atoms with Gasteiger partial charge in [-0.2, -0.15) is 0 Å². The molecule has 3 rings (SSSR count). The maximum absolute atomic E-state index is 6.10. The van der Waals surface area contributed by atoms with E-state index in [9.17, 15) is 0 Å². The third-order valence-electron chi connectivity index (χ3n) is 3.73. The number of benzene rings is 1. The highest BCUT2D eigenvalue weighted by Crippen LogP contribution is 2.34. The zero-order valence-corrected chi connectivity index (χ0v) is 12.8. The quantitative estimate of drug-likeness (QED) is 0.866. The summed E-state index contributed by atoms with van der Waals surface area (Å²) < 4.78 is 9.81. The molecule has 0 unspecified atom stereocenters. The summed E-state index contributed by atoms with van der Waals surface area (Å²) >= 11 is 7.35. The van der Waals surface area contributed by atoms with Gasteiger partial charge in [0, 0.05) is 24.1 Å². The minimum Gasteiger partial charge on any atom is -0.497 e. The highest BCUT2D eigenvalue weighted by Gasteiger charge is 2.27. The van der Waals surface area contributed by atoms with Crippen LogP contribution in [0.5, 0.6) is 5.75 Å². The van der Waals surface area contributed by atoms with E-state index < -0.39 is 0 Å². The van der Waals surface area contributed by atoms with Crippen molar-refractivity contribution in [2.75, 3.05) is 13.7 Å². The topological polar surface area (TPSA) is 38.2 Å². The molecule has 6 heteroatoms. The summed E-state index contributed by atoms with van der Waals surface area (Å²) in [5, 5.41) is 4.11. The molecule has 1 aromatic carbocycles. The van der Waals surface area contributed by atoms with Crippen molar-refractivity contribution in [3.8, 4) is 5.75 Å². The number of likely N-dealkylation sites (tertiary alicyclic amines) is 1. The minimum absolute atomic E-state index is 0.429. The van der Waals surface area contributed by atoms with E-state index >= 15 is 0 Å². The Morgan fingerprint density at radius 3 is 2.85 bits per heavy atom. The molecule has 2 aromatic rings. The van der Waals surface area contributed by atoms with Gasteiger partial charge in [-0.15, -0.1) is 5.10 Å². The Kier molecular flexibility index (Phi) is 4.19. The molecule has 0 amide bonds. The van der Waals surface area contributed by atoms with E-state index in [4.69, 9.17) is 16.3 Å². The second kappa shape index (κ2) is 6.08. The number of aromatic nitrogens is 2. The summed E-state index contributed by atoms with van der Waals surface area (Å²) in [6.45, 7) is 1.84. The summed E-state index contributed by atoms with van der Waals surface area (Å²) in [5.74, 6) is 0.894. The van der Waals surface area contributed by atoms with Crippen molar-refractivity contribution in [2.24, 2.45) is 0 Å². The van der Waals surface area contributed by atoms with Gasteiger partial charge in [-0.05, 0) is 37.1 Å². The molecule has 1 atom stereocenters. The van der Waals surface area contributed by atoms with Gasteiger partial charge < -0.3 is 4.74 Å². The first-order valence-corrected chi connectivity index (χ1v) is 7.78. The fourth-order valence-corrected chi connectivity index (χ4v) is 3.31. The number of nitrogens with zero attached hydrogens (tertiary/aromatic N) is 3. The van der Waals surface area contributed by atoms with E-state index in [1.807, 2.05) is 12.1 Å². The summed E-state index contributed by atoms with van der Waals surface area (Å²) in [4.78, 5) is 2.42. The average molecular weight is 310 g/mol. The number of ether oxygens (including phenoxy) is 1. The van der Waals surface area contributed by atoms with Crippen molar-refractivity contribution in [1.82, 2.24) is 14.5 Å². The smallest absolute Gasteiger partial charge is 0.138 e. The van der Waals surface area contributed by atoms with Gasteiger partial charge in [0.1, 0.15) is 15.8 Å². The van der Waals surface area contributed by atoms with E-state index in [2.05, 4.69) is 26.6 Å². The highest BCUT2D eigenvalue weighted by molar-refractivity contribution is 7.10. The summed E-state index contributed by atoms with van der Waals surface area (Å²) in [5.41, 5.74) is 2.21. The molecule has 0 aliphatic carbocycles. The van der Waals surface area contributed by atoms with Crippen molar-refractivity contribution >= 4 is 23.1 Å². The van der Waals surface area contributed by atoms with Crippen LogP contribution in [-0.2, 0) is 6.54 Å². The minimum atomic E-state index is 0.429. The van der Waals surface area contributed by atoms with Crippen LogP contribution in [-0.4, -0.2) is 28.1 Å². The lowest BCUT2D eigenvalue weighted by atomic mass is 10.0. The molecule has 106 valence electrons. The van der Waals surface area contributed by atoms with E-state index in [0.29, 0.717) is 10.4 Å². The molecule has 1 aromatic heterocycles. The Morgan fingerprint density at radius 2 is 2.20 bits per heavy atom. The Labute approximate surface area is 127 Å². The third kappa shape index (κ3) is 2.80. The molecule has 0 N–H and O–H groups in total. The molecule has 1 fully saturated rings. The zero-order chi connectivity index (χ0) is 13.9. The fourth-order valence-electron chi connectivity index (χ4n) is 2.70. The van der Waals surface area contributed by atoms with Crippen molar-refractivity contribution < 1.29 is 4.74 Å². The van der Waals surface area contributed by atoms with Crippen LogP contribution in [0.25, 0.3) is 0 Å².